The minimum Gasteiger partial charge on any atom is -0.459 e. The molecule has 1 heterocycles. The Morgan fingerprint density at radius 1 is 1.30 bits per heavy atom. The molecule has 0 bridgehead atoms. The van der Waals surface area contributed by atoms with E-state index in [9.17, 15) is 0 Å². The number of aliphatic hydroxyl groups is 1. The van der Waals surface area contributed by atoms with Gasteiger partial charge in [-0.15, -0.1) is 0 Å². The standard InChI is InChI=1S/C16H23NO2S/c1-12-14-6-3-4-7-15(14)19-16(12)13(2)17-8-11-20-10-5-9-18/h3-4,6-7,13,17-18H,5,8-11H2,1-2H3. The minimum absolute atomic E-state index is 0.223. The number of furan rings is 1. The van der Waals surface area contributed by atoms with Gasteiger partial charge in [-0.1, -0.05) is 18.2 Å². The molecule has 2 aromatic rings. The van der Waals surface area contributed by atoms with Crippen molar-refractivity contribution in [2.24, 2.45) is 0 Å². The number of hydrogen-bond donors (Lipinski definition) is 2. The fraction of sp³-hybridized carbons (Fsp3) is 0.500. The van der Waals surface area contributed by atoms with Crippen molar-refractivity contribution in [3.63, 3.8) is 0 Å². The van der Waals surface area contributed by atoms with E-state index < -0.39 is 0 Å². The van der Waals surface area contributed by atoms with Gasteiger partial charge in [-0.05, 0) is 37.7 Å². The van der Waals surface area contributed by atoms with Gasteiger partial charge in [0.2, 0.25) is 0 Å². The lowest BCUT2D eigenvalue weighted by Crippen LogP contribution is -2.21. The normalized spacial score (nSPS) is 12.9. The second-order valence-electron chi connectivity index (χ2n) is 4.95. The molecule has 0 aliphatic carbocycles. The average molecular weight is 293 g/mol. The van der Waals surface area contributed by atoms with Gasteiger partial charge in [-0.2, -0.15) is 11.8 Å². The molecule has 4 heteroatoms. The summed E-state index contributed by atoms with van der Waals surface area (Å²) in [5, 5.41) is 13.4. The van der Waals surface area contributed by atoms with Crippen LogP contribution < -0.4 is 5.32 Å². The highest BCUT2D eigenvalue weighted by Gasteiger charge is 2.15. The van der Waals surface area contributed by atoms with Crippen LogP contribution in [-0.2, 0) is 0 Å². The molecule has 0 aliphatic rings. The lowest BCUT2D eigenvalue weighted by molar-refractivity contribution is 0.296. The van der Waals surface area contributed by atoms with Gasteiger partial charge in [-0.3, -0.25) is 0 Å². The molecule has 1 unspecified atom stereocenters. The number of para-hydroxylation sites is 1. The van der Waals surface area contributed by atoms with Crippen molar-refractivity contribution in [2.75, 3.05) is 24.7 Å². The van der Waals surface area contributed by atoms with Crippen LogP contribution in [0.25, 0.3) is 11.0 Å². The van der Waals surface area contributed by atoms with Gasteiger partial charge in [0, 0.05) is 24.3 Å². The van der Waals surface area contributed by atoms with E-state index in [0.29, 0.717) is 0 Å². The van der Waals surface area contributed by atoms with Crippen LogP contribution in [0.5, 0.6) is 0 Å². The van der Waals surface area contributed by atoms with Gasteiger partial charge in [-0.25, -0.2) is 0 Å². The Balaban J connectivity index is 1.88. The molecule has 2 N–H and O–H groups in total. The van der Waals surface area contributed by atoms with Crippen molar-refractivity contribution in [1.82, 2.24) is 5.32 Å². The minimum atomic E-state index is 0.223. The largest absolute Gasteiger partial charge is 0.459 e. The van der Waals surface area contributed by atoms with Crippen LogP contribution >= 0.6 is 11.8 Å². The summed E-state index contributed by atoms with van der Waals surface area (Å²) >= 11 is 1.87. The summed E-state index contributed by atoms with van der Waals surface area (Å²) in [6.45, 7) is 5.50. The smallest absolute Gasteiger partial charge is 0.134 e. The molecule has 3 nitrogen and oxygen atoms in total. The van der Waals surface area contributed by atoms with Crippen molar-refractivity contribution in [3.8, 4) is 0 Å². The van der Waals surface area contributed by atoms with E-state index in [1.54, 1.807) is 0 Å². The monoisotopic (exact) mass is 293 g/mol. The Kier molecular flexibility index (Phi) is 5.95. The van der Waals surface area contributed by atoms with Crippen LogP contribution in [0.1, 0.15) is 30.7 Å². The van der Waals surface area contributed by atoms with Gasteiger partial charge in [0.1, 0.15) is 11.3 Å². The molecule has 0 saturated heterocycles. The van der Waals surface area contributed by atoms with Crippen molar-refractivity contribution < 1.29 is 9.52 Å². The number of benzene rings is 1. The number of fused-ring (bicyclic) bond motifs is 1. The predicted octanol–water partition coefficient (Wildman–Crippen LogP) is 3.51. The molecule has 1 atom stereocenters. The molecule has 1 aromatic heterocycles. The molecule has 2 rings (SSSR count). The molecule has 0 aliphatic heterocycles. The molecule has 1 aromatic carbocycles. The SMILES string of the molecule is Cc1c(C(C)NCCSCCCO)oc2ccccc12. The first-order valence-electron chi connectivity index (χ1n) is 7.14. The lowest BCUT2D eigenvalue weighted by atomic mass is 10.1. The molecule has 20 heavy (non-hydrogen) atoms. The van der Waals surface area contributed by atoms with E-state index >= 15 is 0 Å². The van der Waals surface area contributed by atoms with Gasteiger partial charge in [0.25, 0.3) is 0 Å². The first-order valence-corrected chi connectivity index (χ1v) is 8.29. The zero-order chi connectivity index (χ0) is 14.4. The molecule has 0 fully saturated rings. The van der Waals surface area contributed by atoms with E-state index in [4.69, 9.17) is 9.52 Å². The summed E-state index contributed by atoms with van der Waals surface area (Å²) in [6, 6.07) is 8.40. The summed E-state index contributed by atoms with van der Waals surface area (Å²) in [5.74, 6) is 3.12. The second-order valence-corrected chi connectivity index (χ2v) is 6.18. The van der Waals surface area contributed by atoms with E-state index in [-0.39, 0.29) is 12.6 Å². The Morgan fingerprint density at radius 3 is 2.85 bits per heavy atom. The molecule has 0 spiro atoms. The Hall–Kier alpha value is -0.970. The summed E-state index contributed by atoms with van der Waals surface area (Å²) in [7, 11) is 0. The number of nitrogens with one attached hydrogen (secondary N) is 1. The maximum atomic E-state index is 8.72. The highest BCUT2D eigenvalue weighted by atomic mass is 32.2. The summed E-state index contributed by atoms with van der Waals surface area (Å²) in [4.78, 5) is 0. The first-order chi connectivity index (χ1) is 9.74. The topological polar surface area (TPSA) is 45.4 Å². The zero-order valence-electron chi connectivity index (χ0n) is 12.2. The zero-order valence-corrected chi connectivity index (χ0v) is 13.0. The van der Waals surface area contributed by atoms with Crippen LogP contribution in [0, 0.1) is 6.92 Å². The Labute approximate surface area is 124 Å². The van der Waals surface area contributed by atoms with Crippen LogP contribution in [0.3, 0.4) is 0 Å². The molecule has 110 valence electrons. The van der Waals surface area contributed by atoms with E-state index in [2.05, 4.69) is 25.2 Å². The molecule has 0 radical (unpaired) electrons. The van der Waals surface area contributed by atoms with Crippen LogP contribution in [-0.4, -0.2) is 29.8 Å². The fourth-order valence-electron chi connectivity index (χ4n) is 2.32. The average Bonchev–Trinajstić information content (AvgIpc) is 2.80. The number of hydrogen-bond acceptors (Lipinski definition) is 4. The third-order valence-corrected chi connectivity index (χ3v) is 4.49. The number of aliphatic hydroxyl groups excluding tert-OH is 1. The molecular weight excluding hydrogens is 270 g/mol. The quantitative estimate of drug-likeness (QED) is 0.731. The number of thioether (sulfide) groups is 1. The van der Waals surface area contributed by atoms with Crippen molar-refractivity contribution in [3.05, 3.63) is 35.6 Å². The Morgan fingerprint density at radius 2 is 2.10 bits per heavy atom. The van der Waals surface area contributed by atoms with Gasteiger partial charge >= 0.3 is 0 Å². The summed E-state index contributed by atoms with van der Waals surface area (Å²) < 4.78 is 5.95. The van der Waals surface area contributed by atoms with Gasteiger partial charge in [0.05, 0.1) is 6.04 Å². The van der Waals surface area contributed by atoms with E-state index in [1.807, 2.05) is 30.0 Å². The van der Waals surface area contributed by atoms with Crippen molar-refractivity contribution in [2.45, 2.75) is 26.3 Å². The lowest BCUT2D eigenvalue weighted by Gasteiger charge is -2.12. The summed E-state index contributed by atoms with van der Waals surface area (Å²) in [6.07, 6.45) is 0.878. The highest BCUT2D eigenvalue weighted by Crippen LogP contribution is 2.28. The van der Waals surface area contributed by atoms with E-state index in [1.165, 1.54) is 10.9 Å². The van der Waals surface area contributed by atoms with E-state index in [0.717, 1.165) is 35.8 Å². The van der Waals surface area contributed by atoms with Crippen LogP contribution in [0.15, 0.2) is 28.7 Å². The van der Waals surface area contributed by atoms with Gasteiger partial charge < -0.3 is 14.8 Å². The third-order valence-electron chi connectivity index (χ3n) is 3.42. The maximum absolute atomic E-state index is 8.72. The van der Waals surface area contributed by atoms with Gasteiger partial charge in [0.15, 0.2) is 0 Å². The molecule has 0 amide bonds. The van der Waals surface area contributed by atoms with Crippen molar-refractivity contribution >= 4 is 22.7 Å². The van der Waals surface area contributed by atoms with Crippen LogP contribution in [0.2, 0.25) is 0 Å². The number of rotatable bonds is 8. The Bertz CT molecular complexity index is 538. The fourth-order valence-corrected chi connectivity index (χ4v) is 3.11. The first kappa shape index (κ1) is 15.4. The molecule has 0 saturated carbocycles. The third kappa shape index (κ3) is 3.78. The predicted molar refractivity (Wildman–Crippen MR) is 86.4 cm³/mol. The second kappa shape index (κ2) is 7.72. The maximum Gasteiger partial charge on any atom is 0.134 e. The summed E-state index contributed by atoms with van der Waals surface area (Å²) in [5.41, 5.74) is 2.19. The van der Waals surface area contributed by atoms with Crippen LogP contribution in [0.4, 0.5) is 0 Å². The molecular formula is C16H23NO2S. The number of aryl methyl sites for hydroxylation is 1. The highest BCUT2D eigenvalue weighted by molar-refractivity contribution is 7.99. The van der Waals surface area contributed by atoms with Crippen molar-refractivity contribution in [1.29, 1.82) is 0 Å².